The Morgan fingerprint density at radius 2 is 0.551 bits per heavy atom. The van der Waals surface area contributed by atoms with Gasteiger partial charge in [-0.15, -0.1) is 0 Å². The summed E-state index contributed by atoms with van der Waals surface area (Å²) in [6, 6.07) is 46.0. The van der Waals surface area contributed by atoms with Crippen molar-refractivity contribution in [1.82, 2.24) is 0 Å². The number of fused-ring (bicyclic) bond motifs is 16. The minimum Gasteiger partial charge on any atom is -0.458 e. The SMILES string of the molecule is [2H]c1c([2H])c([2H])c(N2c3cc(C)cc4c3B(c3cc(C(C)(C)C)ccc3O4)c3c([2H])c([2H])c([2H])c([2H])c32)c([2H])c1[2H].[2H]c1c([2H])c([2H])c(N2c3cccc4c3B(c3cc(-c5ccccc5)ccc3O4)c3c([2H])c([2H])c([2H])c([2H])c32)c([2H])c1[2H].[2H]c1c([2H])c([2H])c(N2c3cccc4c3B(c3cc(C(C)(C)C)ccc3O4)c3c([2H])c([2H])c([2H])c([2H])c32)c([2H])c1[2H].[2H]c1c([2H])c([2H])c2c(c1[2H])Oc1cc(C)cc3c1B2c1ccc(C(C)(C)C)cc1N3c1cc(C(C)(C)C)cc(C(C)(C)C)c1. The van der Waals surface area contributed by atoms with Crippen molar-refractivity contribution in [3.05, 3.63) is 408 Å². The Bertz CT molecular complexity index is 9510. The molecule has 8 aliphatic rings. The molecule has 0 fully saturated rings. The first kappa shape index (κ1) is 58.5. The smallest absolute Gasteiger partial charge is 0.256 e. The highest BCUT2D eigenvalue weighted by Gasteiger charge is 2.48. The van der Waals surface area contributed by atoms with E-state index in [4.69, 9.17) is 61.4 Å². The minimum atomic E-state index is -0.680. The number of hydrogen-bond acceptors (Lipinski definition) is 8. The van der Waals surface area contributed by atoms with E-state index < -0.39 is 154 Å². The Morgan fingerprint density at radius 1 is 0.206 bits per heavy atom. The lowest BCUT2D eigenvalue weighted by Crippen LogP contribution is -2.59. The van der Waals surface area contributed by atoms with Gasteiger partial charge in [-0.3, -0.25) is 0 Å². The zero-order valence-corrected chi connectivity index (χ0v) is 78.6. The second-order valence-electron chi connectivity index (χ2n) is 40.6. The van der Waals surface area contributed by atoms with Gasteiger partial charge in [0.1, 0.15) is 46.0 Å². The van der Waals surface area contributed by atoms with Gasteiger partial charge >= 0.3 is 0 Å². The number of anilines is 12. The van der Waals surface area contributed by atoms with E-state index in [0.717, 1.165) is 72.3 Å². The van der Waals surface area contributed by atoms with Crippen molar-refractivity contribution in [3.63, 3.8) is 0 Å². The van der Waals surface area contributed by atoms with Crippen molar-refractivity contribution in [2.75, 3.05) is 19.6 Å². The van der Waals surface area contributed by atoms with Gasteiger partial charge in [0, 0.05) is 68.2 Å². The number of ether oxygens (including phenoxy) is 4. The molecule has 8 heterocycles. The van der Waals surface area contributed by atoms with Gasteiger partial charge in [-0.2, -0.15) is 0 Å². The van der Waals surface area contributed by atoms with E-state index in [0.29, 0.717) is 84.6 Å². The van der Waals surface area contributed by atoms with E-state index in [1.54, 1.807) is 42.5 Å². The Hall–Kier alpha value is -14.6. The highest BCUT2D eigenvalue weighted by Crippen LogP contribution is 2.50. The van der Waals surface area contributed by atoms with Crippen molar-refractivity contribution < 1.29 is 61.4 Å². The quantitative estimate of drug-likeness (QED) is 0.158. The summed E-state index contributed by atoms with van der Waals surface area (Å²) in [7, 11) is 0. The van der Waals surface area contributed by atoms with Crippen LogP contribution in [-0.2, 0) is 27.1 Å². The number of rotatable bonds is 5. The molecule has 0 bridgehead atoms. The fourth-order valence-electron chi connectivity index (χ4n) is 19.7. The van der Waals surface area contributed by atoms with Crippen molar-refractivity contribution >= 4 is 161 Å². The molecule has 0 N–H and O–H groups in total. The molecular formula is C124H112B4N4O4. The molecular weight excluding hydrogens is 1650 g/mol. The van der Waals surface area contributed by atoms with Crippen molar-refractivity contribution in [1.29, 1.82) is 0 Å². The normalized spacial score (nSPS) is 16.9. The molecule has 0 saturated heterocycles. The molecule has 0 saturated carbocycles. The van der Waals surface area contributed by atoms with Gasteiger partial charge in [-0.05, 0) is 302 Å². The topological polar surface area (TPSA) is 49.9 Å². The molecule has 0 radical (unpaired) electrons. The summed E-state index contributed by atoms with van der Waals surface area (Å²) in [5.41, 5.74) is 19.8. The zero-order chi connectivity index (χ0) is 121. The van der Waals surface area contributed by atoms with Crippen molar-refractivity contribution in [2.45, 2.75) is 145 Å². The lowest BCUT2D eigenvalue weighted by atomic mass is 9.34. The van der Waals surface area contributed by atoms with Crippen LogP contribution in [-0.4, -0.2) is 26.9 Å². The first-order chi connectivity index (χ1) is 78.3. The Labute approximate surface area is 848 Å². The maximum Gasteiger partial charge on any atom is 0.256 e. The standard InChI is InChI=1S/C37H42BNO.C30H20BNO.C29H26BNO.C28H24BNO/c1-23-17-31-34-33(18-23)40-32-14-12-11-13-29(32)38(34)28-16-15-24(35(2,3)4)22-30(28)39(31)27-20-25(36(5,6)7)19-26(21-27)37(8,9)10;1-3-10-21(11-4-1)22-18-19-28-25(20-22)31-24-14-7-8-15-26(24)32(23-12-5-2-6-13-23)27-16-9-17-29(33-28)30(27)31;1-19-16-25-28-27(17-19)32-26-15-14-20(29(2,3)4)18-23(26)30(28)22-12-8-9-13-24(22)31(25)21-10-6-5-7-11-21;1-28(2,3)19-16-17-25-22(18-19)29-21-12-7-8-13-23(21)30(20-10-5-4-6-11-20)24-14-9-15-26(31-25)27(24)29/h11-22H,1-10H3;1-20H;5-18H,1-4H3;4-18H,1-3H3/i11D,12D,13D,14D;2D,5D,6D,7D,8D,12D,13D,14D,15D;5D,6D,7D,8D,9D,10D,11D,12D,13D;4D,5D,6D,7D,8D,10D,11D,12D,13D. The third kappa shape index (κ3) is 15.2. The lowest BCUT2D eigenvalue weighted by molar-refractivity contribution is 0.485. The second-order valence-corrected chi connectivity index (χ2v) is 40.6. The van der Waals surface area contributed by atoms with Gasteiger partial charge in [0.25, 0.3) is 26.9 Å². The summed E-state index contributed by atoms with van der Waals surface area (Å²) >= 11 is 0. The summed E-state index contributed by atoms with van der Waals surface area (Å²) in [6.07, 6.45) is 0. The molecule has 8 aliphatic heterocycles. The molecule has 0 spiro atoms. The molecule has 17 aromatic rings. The van der Waals surface area contributed by atoms with E-state index in [2.05, 4.69) is 158 Å². The van der Waals surface area contributed by atoms with Crippen LogP contribution in [0.1, 0.15) is 185 Å². The van der Waals surface area contributed by atoms with E-state index >= 15 is 0 Å². The van der Waals surface area contributed by atoms with Crippen LogP contribution in [0.3, 0.4) is 0 Å². The van der Waals surface area contributed by atoms with Crippen molar-refractivity contribution in [2.24, 2.45) is 0 Å². The van der Waals surface area contributed by atoms with Gasteiger partial charge in [-0.25, -0.2) is 0 Å². The largest absolute Gasteiger partial charge is 0.458 e. The summed E-state index contributed by atoms with van der Waals surface area (Å²) in [5, 5.41) is 0. The molecule has 17 aromatic carbocycles. The molecule has 25 rings (SSSR count). The van der Waals surface area contributed by atoms with Gasteiger partial charge in [0.15, 0.2) is 0 Å². The maximum atomic E-state index is 9.06. The predicted molar refractivity (Wildman–Crippen MR) is 578 cm³/mol. The van der Waals surface area contributed by atoms with Crippen LogP contribution < -0.4 is 104 Å². The number of hydrogen-bond donors (Lipinski definition) is 0. The van der Waals surface area contributed by atoms with Gasteiger partial charge in [0.05, 0.1) is 42.5 Å². The number of nitrogens with zero attached hydrogens (tertiary/aromatic N) is 4. The van der Waals surface area contributed by atoms with Gasteiger partial charge in [-0.1, -0.05) is 328 Å². The van der Waals surface area contributed by atoms with Crippen LogP contribution in [0, 0.1) is 13.8 Å². The monoisotopic (exact) mass is 1800 g/mol. The lowest BCUT2D eigenvalue weighted by Gasteiger charge is -2.41. The van der Waals surface area contributed by atoms with Crippen LogP contribution in [0.2, 0.25) is 0 Å². The predicted octanol–water partition coefficient (Wildman–Crippen LogP) is 25.1. The molecule has 12 heteroatoms. The molecule has 136 heavy (non-hydrogen) atoms. The Balaban J connectivity index is 0.000000123. The van der Waals surface area contributed by atoms with Gasteiger partial charge in [0.2, 0.25) is 0 Å². The third-order valence-corrected chi connectivity index (χ3v) is 26.5. The molecule has 0 aromatic heterocycles. The van der Waals surface area contributed by atoms with Crippen LogP contribution in [0.5, 0.6) is 46.0 Å². The zero-order valence-electron chi connectivity index (χ0n) is 110. The number of para-hydroxylation sites is 7. The van der Waals surface area contributed by atoms with Crippen LogP contribution in [0.25, 0.3) is 11.1 Å². The van der Waals surface area contributed by atoms with Gasteiger partial charge < -0.3 is 38.5 Å². The summed E-state index contributed by atoms with van der Waals surface area (Å²) < 4.78 is 292. The first-order valence-corrected chi connectivity index (χ1v) is 45.7. The fourth-order valence-corrected chi connectivity index (χ4v) is 19.7. The molecule has 0 atom stereocenters. The molecule has 0 unspecified atom stereocenters. The highest BCUT2D eigenvalue weighted by atomic mass is 16.5. The van der Waals surface area contributed by atoms with Crippen molar-refractivity contribution in [3.8, 4) is 57.1 Å². The van der Waals surface area contributed by atoms with E-state index in [-0.39, 0.29) is 144 Å². The van der Waals surface area contributed by atoms with E-state index in [1.165, 1.54) is 31.4 Å². The average Bonchev–Trinajstić information content (AvgIpc) is 0.691. The summed E-state index contributed by atoms with van der Waals surface area (Å²) in [4.78, 5) is 6.51. The van der Waals surface area contributed by atoms with E-state index in [1.807, 2.05) is 104 Å². The first-order valence-electron chi connectivity index (χ1n) is 61.2. The Morgan fingerprint density at radius 3 is 0.993 bits per heavy atom. The molecule has 8 nitrogen and oxygen atoms in total. The summed E-state index contributed by atoms with van der Waals surface area (Å²) in [5.74, 6) is 3.94. The second kappa shape index (κ2) is 33.2. The summed E-state index contributed by atoms with van der Waals surface area (Å²) in [6.45, 7) is 34.2. The number of benzene rings is 17. The number of aryl methyl sites for hydroxylation is 2. The van der Waals surface area contributed by atoms with Crippen LogP contribution in [0.15, 0.2) is 369 Å². The molecule has 0 aliphatic carbocycles. The third-order valence-electron chi connectivity index (χ3n) is 26.5. The highest BCUT2D eigenvalue weighted by molar-refractivity contribution is 7.01. The molecule has 0 amide bonds. The van der Waals surface area contributed by atoms with Crippen LogP contribution >= 0.6 is 0 Å². The Kier molecular flexibility index (Phi) is 14.3. The maximum absolute atomic E-state index is 9.06. The average molecular weight is 1800 g/mol. The molecule has 664 valence electrons. The minimum absolute atomic E-state index is 0.0344. The van der Waals surface area contributed by atoms with Crippen LogP contribution in [0.4, 0.5) is 68.2 Å². The van der Waals surface area contributed by atoms with E-state index in [9.17, 15) is 0 Å². The fraction of sp³-hybridized carbons (Fsp3) is 0.177.